The summed E-state index contributed by atoms with van der Waals surface area (Å²) in [5.74, 6) is 0.695. The minimum absolute atomic E-state index is 0.608. The third-order valence-corrected chi connectivity index (χ3v) is 4.29. The number of hydrogen-bond donors (Lipinski definition) is 1. The first-order valence-electron chi connectivity index (χ1n) is 8.16. The van der Waals surface area contributed by atoms with Crippen LogP contribution < -0.4 is 5.32 Å². The zero-order valence-electron chi connectivity index (χ0n) is 13.0. The molecule has 0 aliphatic carbocycles. The molecule has 0 saturated carbocycles. The molecule has 2 heteroatoms. The molecule has 0 bridgehead atoms. The highest BCUT2D eigenvalue weighted by Crippen LogP contribution is 2.21. The van der Waals surface area contributed by atoms with Crippen molar-refractivity contribution in [3.8, 4) is 0 Å². The van der Waals surface area contributed by atoms with E-state index in [-0.39, 0.29) is 0 Å². The normalized spacial score (nSPS) is 20.8. The van der Waals surface area contributed by atoms with E-state index in [4.69, 9.17) is 4.74 Å². The van der Waals surface area contributed by atoms with Crippen LogP contribution in [0.1, 0.15) is 43.7 Å². The summed E-state index contributed by atoms with van der Waals surface area (Å²) < 4.78 is 5.67. The minimum atomic E-state index is 0.608. The lowest BCUT2D eigenvalue weighted by molar-refractivity contribution is 0.0380. The molecular formula is C18H29NO. The molecule has 1 aromatic rings. The van der Waals surface area contributed by atoms with E-state index < -0.39 is 0 Å². The smallest absolute Gasteiger partial charge is 0.0509 e. The van der Waals surface area contributed by atoms with Gasteiger partial charge >= 0.3 is 0 Å². The zero-order valence-corrected chi connectivity index (χ0v) is 13.0. The number of nitrogens with one attached hydrogen (secondary N) is 1. The van der Waals surface area contributed by atoms with Crippen molar-refractivity contribution in [1.82, 2.24) is 5.32 Å². The van der Waals surface area contributed by atoms with Gasteiger partial charge in [0.1, 0.15) is 0 Å². The second-order valence-corrected chi connectivity index (χ2v) is 6.06. The third-order valence-electron chi connectivity index (χ3n) is 4.29. The molecule has 1 saturated heterocycles. The Morgan fingerprint density at radius 3 is 2.75 bits per heavy atom. The molecule has 0 radical (unpaired) electrons. The van der Waals surface area contributed by atoms with E-state index in [1.807, 2.05) is 0 Å². The van der Waals surface area contributed by atoms with Crippen LogP contribution in [0.4, 0.5) is 0 Å². The minimum Gasteiger partial charge on any atom is -0.381 e. The molecule has 2 rings (SSSR count). The predicted molar refractivity (Wildman–Crippen MR) is 85.1 cm³/mol. The SMILES string of the molecule is CCCNC(CCc1ccc(C)cc1)C1CCCOC1. The van der Waals surface area contributed by atoms with Gasteiger partial charge in [-0.05, 0) is 57.1 Å². The molecule has 0 aromatic heterocycles. The van der Waals surface area contributed by atoms with Gasteiger partial charge in [-0.3, -0.25) is 0 Å². The number of rotatable bonds is 7. The quantitative estimate of drug-likeness (QED) is 0.819. The Kier molecular flexibility index (Phi) is 6.55. The van der Waals surface area contributed by atoms with Crippen LogP contribution in [0.15, 0.2) is 24.3 Å². The van der Waals surface area contributed by atoms with Gasteiger partial charge in [-0.25, -0.2) is 0 Å². The fourth-order valence-electron chi connectivity index (χ4n) is 2.99. The summed E-state index contributed by atoms with van der Waals surface area (Å²) in [6, 6.07) is 9.57. The van der Waals surface area contributed by atoms with Crippen molar-refractivity contribution in [2.45, 2.75) is 52.0 Å². The molecule has 20 heavy (non-hydrogen) atoms. The molecule has 112 valence electrons. The van der Waals surface area contributed by atoms with Crippen molar-refractivity contribution in [3.63, 3.8) is 0 Å². The van der Waals surface area contributed by atoms with Crippen molar-refractivity contribution in [2.24, 2.45) is 5.92 Å². The summed E-state index contributed by atoms with van der Waals surface area (Å²) in [6.45, 7) is 7.40. The standard InChI is InChI=1S/C18H29NO/c1-3-12-19-18(17-5-4-13-20-14-17)11-10-16-8-6-15(2)7-9-16/h6-9,17-19H,3-5,10-14H2,1-2H3. The molecule has 2 unspecified atom stereocenters. The highest BCUT2D eigenvalue weighted by atomic mass is 16.5. The van der Waals surface area contributed by atoms with Crippen LogP contribution in [-0.4, -0.2) is 25.8 Å². The monoisotopic (exact) mass is 275 g/mol. The maximum atomic E-state index is 5.67. The van der Waals surface area contributed by atoms with E-state index in [9.17, 15) is 0 Å². The fraction of sp³-hybridized carbons (Fsp3) is 0.667. The lowest BCUT2D eigenvalue weighted by Crippen LogP contribution is -2.41. The molecule has 1 N–H and O–H groups in total. The van der Waals surface area contributed by atoms with E-state index in [0.29, 0.717) is 12.0 Å². The molecule has 1 heterocycles. The maximum absolute atomic E-state index is 5.67. The average Bonchev–Trinajstić information content (AvgIpc) is 2.50. The van der Waals surface area contributed by atoms with Crippen molar-refractivity contribution >= 4 is 0 Å². The van der Waals surface area contributed by atoms with E-state index in [1.165, 1.54) is 36.8 Å². The number of aryl methyl sites for hydroxylation is 2. The van der Waals surface area contributed by atoms with Crippen LogP contribution in [0.25, 0.3) is 0 Å². The third kappa shape index (κ3) is 4.92. The largest absolute Gasteiger partial charge is 0.381 e. The predicted octanol–water partition coefficient (Wildman–Crippen LogP) is 3.72. The van der Waals surface area contributed by atoms with Crippen LogP contribution in [0.2, 0.25) is 0 Å². The molecular weight excluding hydrogens is 246 g/mol. The van der Waals surface area contributed by atoms with Crippen LogP contribution >= 0.6 is 0 Å². The highest BCUT2D eigenvalue weighted by Gasteiger charge is 2.23. The Labute approximate surface area is 123 Å². The second-order valence-electron chi connectivity index (χ2n) is 6.06. The van der Waals surface area contributed by atoms with Gasteiger partial charge in [0, 0.05) is 12.6 Å². The Bertz CT molecular complexity index is 368. The lowest BCUT2D eigenvalue weighted by atomic mass is 9.89. The molecule has 2 atom stereocenters. The topological polar surface area (TPSA) is 21.3 Å². The Morgan fingerprint density at radius 2 is 2.10 bits per heavy atom. The first-order chi connectivity index (χ1) is 9.79. The molecule has 1 fully saturated rings. The first kappa shape index (κ1) is 15.5. The lowest BCUT2D eigenvalue weighted by Gasteiger charge is -2.31. The van der Waals surface area contributed by atoms with Gasteiger partial charge in [-0.2, -0.15) is 0 Å². The van der Waals surface area contributed by atoms with Gasteiger partial charge in [0.25, 0.3) is 0 Å². The van der Waals surface area contributed by atoms with Gasteiger partial charge in [0.05, 0.1) is 6.61 Å². The number of benzene rings is 1. The second kappa shape index (κ2) is 8.43. The first-order valence-corrected chi connectivity index (χ1v) is 8.16. The molecule has 1 aliphatic rings. The molecule has 1 aliphatic heterocycles. The van der Waals surface area contributed by atoms with E-state index in [2.05, 4.69) is 43.4 Å². The summed E-state index contributed by atoms with van der Waals surface area (Å²) in [7, 11) is 0. The van der Waals surface area contributed by atoms with E-state index >= 15 is 0 Å². The van der Waals surface area contributed by atoms with Gasteiger partial charge in [0.2, 0.25) is 0 Å². The Balaban J connectivity index is 1.87. The highest BCUT2D eigenvalue weighted by molar-refractivity contribution is 5.21. The van der Waals surface area contributed by atoms with Gasteiger partial charge < -0.3 is 10.1 Å². The fourth-order valence-corrected chi connectivity index (χ4v) is 2.99. The summed E-state index contributed by atoms with van der Waals surface area (Å²) in [5.41, 5.74) is 2.80. The van der Waals surface area contributed by atoms with Crippen LogP contribution in [0.5, 0.6) is 0 Å². The Hall–Kier alpha value is -0.860. The molecule has 0 spiro atoms. The zero-order chi connectivity index (χ0) is 14.2. The summed E-state index contributed by atoms with van der Waals surface area (Å²) >= 11 is 0. The van der Waals surface area contributed by atoms with Crippen LogP contribution in [-0.2, 0) is 11.2 Å². The maximum Gasteiger partial charge on any atom is 0.0509 e. The molecule has 0 amide bonds. The van der Waals surface area contributed by atoms with E-state index in [0.717, 1.165) is 26.2 Å². The summed E-state index contributed by atoms with van der Waals surface area (Å²) in [4.78, 5) is 0. The van der Waals surface area contributed by atoms with Crippen LogP contribution in [0.3, 0.4) is 0 Å². The molecule has 2 nitrogen and oxygen atoms in total. The average molecular weight is 275 g/mol. The van der Waals surface area contributed by atoms with Crippen molar-refractivity contribution < 1.29 is 4.74 Å². The molecule has 1 aromatic carbocycles. The summed E-state index contributed by atoms with van der Waals surface area (Å²) in [5, 5.41) is 3.74. The summed E-state index contributed by atoms with van der Waals surface area (Å²) in [6.07, 6.45) is 6.12. The van der Waals surface area contributed by atoms with E-state index in [1.54, 1.807) is 0 Å². The van der Waals surface area contributed by atoms with Gasteiger partial charge in [-0.1, -0.05) is 36.8 Å². The van der Waals surface area contributed by atoms with Crippen molar-refractivity contribution in [1.29, 1.82) is 0 Å². The van der Waals surface area contributed by atoms with Crippen LogP contribution in [0, 0.1) is 12.8 Å². The Morgan fingerprint density at radius 1 is 1.30 bits per heavy atom. The van der Waals surface area contributed by atoms with Gasteiger partial charge in [0.15, 0.2) is 0 Å². The number of ether oxygens (including phenoxy) is 1. The van der Waals surface area contributed by atoms with Crippen molar-refractivity contribution in [3.05, 3.63) is 35.4 Å². The number of hydrogen-bond acceptors (Lipinski definition) is 2. The van der Waals surface area contributed by atoms with Gasteiger partial charge in [-0.15, -0.1) is 0 Å². The van der Waals surface area contributed by atoms with Crippen molar-refractivity contribution in [2.75, 3.05) is 19.8 Å².